The average Bonchev–Trinajstić information content (AvgIpc) is 2.92. The molecule has 0 saturated carbocycles. The van der Waals surface area contributed by atoms with Crippen LogP contribution in [0.25, 0.3) is 0 Å². The van der Waals surface area contributed by atoms with Gasteiger partial charge in [0, 0.05) is 24.8 Å². The fraction of sp³-hybridized carbons (Fsp3) is 0.263. The van der Waals surface area contributed by atoms with E-state index in [4.69, 9.17) is 5.26 Å². The largest absolute Gasteiger partial charge is 0.367 e. The minimum absolute atomic E-state index is 0.0947. The molecule has 3 rings (SSSR count). The number of benzene rings is 2. The maximum atomic E-state index is 13.1. The molecule has 1 atom stereocenters. The predicted octanol–water partition coefficient (Wildman–Crippen LogP) is 3.27. The van der Waals surface area contributed by atoms with Crippen LogP contribution in [0.15, 0.2) is 42.5 Å². The van der Waals surface area contributed by atoms with E-state index < -0.39 is 11.8 Å². The molecule has 2 aromatic carbocycles. The van der Waals surface area contributed by atoms with Crippen molar-refractivity contribution in [2.75, 3.05) is 23.3 Å². The number of anilines is 2. The number of hydrogen-bond acceptors (Lipinski definition) is 3. The molecule has 0 bridgehead atoms. The number of fused-ring (bicyclic) bond motifs is 1. The highest BCUT2D eigenvalue weighted by atomic mass is 19.1. The quantitative estimate of drug-likeness (QED) is 0.899. The van der Waals surface area contributed by atoms with Gasteiger partial charge in [-0.05, 0) is 43.2 Å². The molecule has 0 fully saturated rings. The second kappa shape index (κ2) is 7.22. The van der Waals surface area contributed by atoms with Crippen LogP contribution in [-0.2, 0) is 6.42 Å². The summed E-state index contributed by atoms with van der Waals surface area (Å²) < 4.78 is 13.1. The third-order valence-corrected chi connectivity index (χ3v) is 4.34. The predicted molar refractivity (Wildman–Crippen MR) is 95.1 cm³/mol. The Balaban J connectivity index is 1.55. The normalized spacial score (nSPS) is 15.4. The Kier molecular flexibility index (Phi) is 4.85. The van der Waals surface area contributed by atoms with Crippen molar-refractivity contribution in [3.8, 4) is 6.07 Å². The number of amides is 2. The van der Waals surface area contributed by atoms with Crippen LogP contribution in [-0.4, -0.2) is 25.2 Å². The standard InChI is InChI=1S/C19H19FN4O/c1-13-10-14-4-2-3-5-18(14)24(13)9-8-22-19(25)23-17-7-6-16(20)11-15(17)12-21/h2-7,11,13H,8-10H2,1H3,(H2,22,23,25). The van der Waals surface area contributed by atoms with Crippen LogP contribution in [0.4, 0.5) is 20.6 Å². The molecule has 0 saturated heterocycles. The second-order valence-corrected chi connectivity index (χ2v) is 6.06. The number of carbonyl (C=O) groups is 1. The lowest BCUT2D eigenvalue weighted by Gasteiger charge is -2.25. The van der Waals surface area contributed by atoms with Gasteiger partial charge in [0.15, 0.2) is 0 Å². The van der Waals surface area contributed by atoms with E-state index in [9.17, 15) is 9.18 Å². The Morgan fingerprint density at radius 3 is 2.96 bits per heavy atom. The summed E-state index contributed by atoms with van der Waals surface area (Å²) in [6.07, 6.45) is 1.00. The summed E-state index contributed by atoms with van der Waals surface area (Å²) in [4.78, 5) is 14.3. The summed E-state index contributed by atoms with van der Waals surface area (Å²) in [5.41, 5.74) is 2.92. The first-order valence-electron chi connectivity index (χ1n) is 8.17. The van der Waals surface area contributed by atoms with Gasteiger partial charge in [0.25, 0.3) is 0 Å². The summed E-state index contributed by atoms with van der Waals surface area (Å²) in [6.45, 7) is 3.32. The van der Waals surface area contributed by atoms with Gasteiger partial charge < -0.3 is 15.5 Å². The summed E-state index contributed by atoms with van der Waals surface area (Å²) >= 11 is 0. The molecule has 1 heterocycles. The Morgan fingerprint density at radius 1 is 1.36 bits per heavy atom. The lowest BCUT2D eigenvalue weighted by Crippen LogP contribution is -2.39. The maximum absolute atomic E-state index is 13.1. The maximum Gasteiger partial charge on any atom is 0.319 e. The number of nitriles is 1. The first-order valence-corrected chi connectivity index (χ1v) is 8.17. The number of hydrogen-bond donors (Lipinski definition) is 2. The van der Waals surface area contributed by atoms with Gasteiger partial charge in [-0.15, -0.1) is 0 Å². The molecule has 1 aliphatic rings. The lowest BCUT2D eigenvalue weighted by molar-refractivity contribution is 0.252. The van der Waals surface area contributed by atoms with E-state index in [2.05, 4.69) is 34.6 Å². The molecule has 0 spiro atoms. The minimum atomic E-state index is -0.510. The van der Waals surface area contributed by atoms with Crippen molar-refractivity contribution in [1.29, 1.82) is 5.26 Å². The van der Waals surface area contributed by atoms with Gasteiger partial charge in [0.1, 0.15) is 11.9 Å². The summed E-state index contributed by atoms with van der Waals surface area (Å²) in [6, 6.07) is 13.8. The van der Waals surface area contributed by atoms with Crippen LogP contribution in [0.1, 0.15) is 18.1 Å². The highest BCUT2D eigenvalue weighted by Gasteiger charge is 2.24. The fourth-order valence-electron chi connectivity index (χ4n) is 3.14. The van der Waals surface area contributed by atoms with Crippen LogP contribution in [0.3, 0.4) is 0 Å². The van der Waals surface area contributed by atoms with E-state index in [1.54, 1.807) is 0 Å². The van der Waals surface area contributed by atoms with Crippen LogP contribution in [0.5, 0.6) is 0 Å². The molecule has 6 heteroatoms. The molecule has 25 heavy (non-hydrogen) atoms. The Labute approximate surface area is 146 Å². The summed E-state index contributed by atoms with van der Waals surface area (Å²) in [5, 5.41) is 14.4. The van der Waals surface area contributed by atoms with E-state index in [1.165, 1.54) is 23.4 Å². The van der Waals surface area contributed by atoms with Crippen molar-refractivity contribution in [1.82, 2.24) is 5.32 Å². The molecule has 2 aromatic rings. The molecular formula is C19H19FN4O. The highest BCUT2D eigenvalue weighted by molar-refractivity contribution is 5.90. The SMILES string of the molecule is CC1Cc2ccccc2N1CCNC(=O)Nc1ccc(F)cc1C#N. The number of carbonyl (C=O) groups excluding carboxylic acids is 1. The first kappa shape index (κ1) is 16.8. The topological polar surface area (TPSA) is 68.2 Å². The highest BCUT2D eigenvalue weighted by Crippen LogP contribution is 2.31. The van der Waals surface area contributed by atoms with Crippen molar-refractivity contribution < 1.29 is 9.18 Å². The van der Waals surface area contributed by atoms with Crippen LogP contribution >= 0.6 is 0 Å². The van der Waals surface area contributed by atoms with E-state index >= 15 is 0 Å². The molecule has 2 N–H and O–H groups in total. The van der Waals surface area contributed by atoms with E-state index in [0.717, 1.165) is 12.5 Å². The van der Waals surface area contributed by atoms with E-state index in [0.29, 0.717) is 24.8 Å². The number of urea groups is 1. The van der Waals surface area contributed by atoms with Crippen molar-refractivity contribution in [2.24, 2.45) is 0 Å². The zero-order valence-corrected chi connectivity index (χ0v) is 13.9. The summed E-state index contributed by atoms with van der Waals surface area (Å²) in [5.74, 6) is -0.510. The first-order chi connectivity index (χ1) is 12.1. The van der Waals surface area contributed by atoms with Crippen LogP contribution < -0.4 is 15.5 Å². The zero-order chi connectivity index (χ0) is 17.8. The Hall–Kier alpha value is -3.07. The second-order valence-electron chi connectivity index (χ2n) is 6.06. The van der Waals surface area contributed by atoms with Gasteiger partial charge in [0.2, 0.25) is 0 Å². The van der Waals surface area contributed by atoms with Crippen LogP contribution in [0.2, 0.25) is 0 Å². The third-order valence-electron chi connectivity index (χ3n) is 4.34. The van der Waals surface area contributed by atoms with Gasteiger partial charge in [-0.1, -0.05) is 18.2 Å². The molecule has 0 aromatic heterocycles. The van der Waals surface area contributed by atoms with Gasteiger partial charge in [-0.25, -0.2) is 9.18 Å². The zero-order valence-electron chi connectivity index (χ0n) is 13.9. The molecule has 0 radical (unpaired) electrons. The number of para-hydroxylation sites is 1. The number of nitrogens with zero attached hydrogens (tertiary/aromatic N) is 2. The number of rotatable bonds is 4. The molecule has 1 unspecified atom stereocenters. The molecule has 0 aliphatic carbocycles. The van der Waals surface area contributed by atoms with Crippen molar-refractivity contribution >= 4 is 17.4 Å². The van der Waals surface area contributed by atoms with Crippen molar-refractivity contribution in [3.63, 3.8) is 0 Å². The van der Waals surface area contributed by atoms with Crippen molar-refractivity contribution in [2.45, 2.75) is 19.4 Å². The molecule has 5 nitrogen and oxygen atoms in total. The Bertz CT molecular complexity index is 830. The molecular weight excluding hydrogens is 319 g/mol. The number of nitrogens with one attached hydrogen (secondary N) is 2. The smallest absolute Gasteiger partial charge is 0.319 e. The lowest BCUT2D eigenvalue weighted by atomic mass is 10.1. The van der Waals surface area contributed by atoms with Gasteiger partial charge in [0.05, 0.1) is 11.3 Å². The fourth-order valence-corrected chi connectivity index (χ4v) is 3.14. The van der Waals surface area contributed by atoms with E-state index in [1.807, 2.05) is 18.2 Å². The monoisotopic (exact) mass is 338 g/mol. The molecule has 128 valence electrons. The Morgan fingerprint density at radius 2 is 2.16 bits per heavy atom. The minimum Gasteiger partial charge on any atom is -0.367 e. The van der Waals surface area contributed by atoms with Crippen LogP contribution in [0, 0.1) is 17.1 Å². The van der Waals surface area contributed by atoms with Gasteiger partial charge >= 0.3 is 6.03 Å². The molecule has 1 aliphatic heterocycles. The third kappa shape index (κ3) is 3.72. The summed E-state index contributed by atoms with van der Waals surface area (Å²) in [7, 11) is 0. The van der Waals surface area contributed by atoms with Gasteiger partial charge in [-0.2, -0.15) is 5.26 Å². The van der Waals surface area contributed by atoms with Gasteiger partial charge in [-0.3, -0.25) is 0 Å². The molecule has 2 amide bonds. The average molecular weight is 338 g/mol. The van der Waals surface area contributed by atoms with E-state index in [-0.39, 0.29) is 5.56 Å². The van der Waals surface area contributed by atoms with Crippen molar-refractivity contribution in [3.05, 3.63) is 59.4 Å². The number of halogens is 1.